The number of fused-ring (bicyclic) bond motifs is 2. The molecule has 0 saturated heterocycles. The van der Waals surface area contributed by atoms with Crippen LogP contribution in [0.3, 0.4) is 0 Å². The van der Waals surface area contributed by atoms with Crippen LogP contribution >= 0.6 is 0 Å². The van der Waals surface area contributed by atoms with Crippen molar-refractivity contribution >= 4 is 21.9 Å². The third-order valence-electron chi connectivity index (χ3n) is 8.39. The molecule has 0 N–H and O–H groups in total. The van der Waals surface area contributed by atoms with Crippen LogP contribution in [0.25, 0.3) is 56.0 Å². The smallest absolute Gasteiger partial charge is 0.259 e. The summed E-state index contributed by atoms with van der Waals surface area (Å²) in [7, 11) is 7.57. The van der Waals surface area contributed by atoms with E-state index in [0.29, 0.717) is 11.8 Å². The molecule has 0 aliphatic heterocycles. The van der Waals surface area contributed by atoms with Crippen molar-refractivity contribution in [3.8, 4) is 39.9 Å². The molecule has 1 aliphatic carbocycles. The first-order valence-corrected chi connectivity index (χ1v) is 14.8. The van der Waals surface area contributed by atoms with Gasteiger partial charge in [0, 0.05) is 67.0 Å². The largest absolute Gasteiger partial charge is 0.478 e. The standard InChI is InChI=1S/C32H33N11O/c1-18(2)27-23(12-20-14-40(4)37-30(20)34-27)31-35-28(29(41(31)5)19-10-11-19)22-8-7-9-25-24(22)16-43(36-25)26-17-42(38-32(26)44-6)21-13-33-39(3)15-21/h7-9,12-19H,10-11H2,1-6H3. The third kappa shape index (κ3) is 4.12. The minimum absolute atomic E-state index is 0.213. The number of rotatable bonds is 7. The molecule has 44 heavy (non-hydrogen) atoms. The first-order valence-electron chi connectivity index (χ1n) is 14.8. The number of nitrogens with zero attached hydrogens (tertiary/aromatic N) is 11. The summed E-state index contributed by atoms with van der Waals surface area (Å²) in [6, 6.07) is 8.43. The zero-order chi connectivity index (χ0) is 30.3. The van der Waals surface area contributed by atoms with Gasteiger partial charge in [-0.1, -0.05) is 26.0 Å². The van der Waals surface area contributed by atoms with Crippen LogP contribution in [0.15, 0.2) is 55.2 Å². The average molecular weight is 588 g/mol. The number of methoxy groups -OCH3 is 1. The highest BCUT2D eigenvalue weighted by Crippen LogP contribution is 2.47. The second-order valence-electron chi connectivity index (χ2n) is 11.9. The van der Waals surface area contributed by atoms with Crippen LogP contribution in [-0.4, -0.2) is 60.8 Å². The van der Waals surface area contributed by atoms with Gasteiger partial charge in [-0.2, -0.15) is 15.3 Å². The number of pyridine rings is 1. The topological polar surface area (TPSA) is 111 Å². The molecular weight excluding hydrogens is 554 g/mol. The number of hydrogen-bond acceptors (Lipinski definition) is 7. The number of benzene rings is 1. The lowest BCUT2D eigenvalue weighted by Gasteiger charge is -2.12. The molecule has 0 unspecified atom stereocenters. The summed E-state index contributed by atoms with van der Waals surface area (Å²) in [6.45, 7) is 4.35. The third-order valence-corrected chi connectivity index (χ3v) is 8.39. The van der Waals surface area contributed by atoms with E-state index >= 15 is 0 Å². The van der Waals surface area contributed by atoms with Crippen LogP contribution in [0.4, 0.5) is 0 Å². The van der Waals surface area contributed by atoms with Crippen molar-refractivity contribution in [2.75, 3.05) is 7.11 Å². The van der Waals surface area contributed by atoms with Crippen molar-refractivity contribution in [1.29, 1.82) is 0 Å². The van der Waals surface area contributed by atoms with Crippen LogP contribution < -0.4 is 4.74 Å². The minimum atomic E-state index is 0.213. The van der Waals surface area contributed by atoms with Crippen LogP contribution in [0.1, 0.15) is 49.9 Å². The Kier molecular flexibility index (Phi) is 5.77. The lowest BCUT2D eigenvalue weighted by atomic mass is 10.0. The Morgan fingerprint density at radius 1 is 0.886 bits per heavy atom. The van der Waals surface area contributed by atoms with Crippen molar-refractivity contribution in [1.82, 2.24) is 53.7 Å². The van der Waals surface area contributed by atoms with Crippen LogP contribution in [0, 0.1) is 0 Å². The summed E-state index contributed by atoms with van der Waals surface area (Å²) in [5, 5.41) is 20.4. The van der Waals surface area contributed by atoms with Gasteiger partial charge in [-0.3, -0.25) is 9.36 Å². The van der Waals surface area contributed by atoms with Crippen molar-refractivity contribution in [3.05, 3.63) is 66.6 Å². The molecule has 12 heteroatoms. The molecule has 12 nitrogen and oxygen atoms in total. The molecule has 1 aliphatic rings. The molecule has 0 radical (unpaired) electrons. The van der Waals surface area contributed by atoms with Gasteiger partial charge in [-0.15, -0.1) is 5.10 Å². The quantitative estimate of drug-likeness (QED) is 0.249. The lowest BCUT2D eigenvalue weighted by Crippen LogP contribution is -2.03. The molecule has 1 aromatic carbocycles. The van der Waals surface area contributed by atoms with Crippen LogP contribution in [0.2, 0.25) is 0 Å². The SMILES string of the molecule is COc1nn(-c2cnn(C)c2)cc1-n1cc2c(-c3nc(-c4cc5cn(C)nc5nc4C(C)C)n(C)c3C3CC3)cccc2n1. The van der Waals surface area contributed by atoms with E-state index in [1.54, 1.807) is 22.7 Å². The second kappa shape index (κ2) is 9.63. The van der Waals surface area contributed by atoms with Gasteiger partial charge in [0.1, 0.15) is 17.2 Å². The first kappa shape index (κ1) is 26.4. The van der Waals surface area contributed by atoms with Gasteiger partial charge < -0.3 is 9.30 Å². The average Bonchev–Trinajstić information content (AvgIpc) is 3.41. The van der Waals surface area contributed by atoms with E-state index < -0.39 is 0 Å². The van der Waals surface area contributed by atoms with E-state index in [1.165, 1.54) is 5.69 Å². The molecule has 0 atom stereocenters. The molecule has 1 fully saturated rings. The van der Waals surface area contributed by atoms with E-state index in [2.05, 4.69) is 59.0 Å². The maximum absolute atomic E-state index is 5.66. The highest BCUT2D eigenvalue weighted by atomic mass is 16.5. The van der Waals surface area contributed by atoms with Gasteiger partial charge in [0.2, 0.25) is 0 Å². The van der Waals surface area contributed by atoms with Crippen LogP contribution in [-0.2, 0) is 21.1 Å². The number of imidazole rings is 1. The molecule has 222 valence electrons. The van der Waals surface area contributed by atoms with Crippen molar-refractivity contribution in [2.45, 2.75) is 38.5 Å². The van der Waals surface area contributed by atoms with E-state index in [0.717, 1.165) is 74.5 Å². The van der Waals surface area contributed by atoms with Gasteiger partial charge in [0.05, 0.1) is 42.6 Å². The highest BCUT2D eigenvalue weighted by Gasteiger charge is 2.33. The molecule has 0 amide bonds. The molecular formula is C32H33N11O. The van der Waals surface area contributed by atoms with Gasteiger partial charge >= 0.3 is 0 Å². The first-order chi connectivity index (χ1) is 21.3. The van der Waals surface area contributed by atoms with Gasteiger partial charge in [0.25, 0.3) is 5.88 Å². The van der Waals surface area contributed by atoms with Gasteiger partial charge in [-0.05, 0) is 30.9 Å². The summed E-state index contributed by atoms with van der Waals surface area (Å²) < 4.78 is 15.1. The molecule has 0 bridgehead atoms. The summed E-state index contributed by atoms with van der Waals surface area (Å²) in [4.78, 5) is 10.4. The molecule has 8 rings (SSSR count). The monoisotopic (exact) mass is 587 g/mol. The summed E-state index contributed by atoms with van der Waals surface area (Å²) in [6.07, 6.45) is 11.9. The molecule has 6 heterocycles. The van der Waals surface area contributed by atoms with Gasteiger partial charge in [0.15, 0.2) is 5.65 Å². The number of hydrogen-bond donors (Lipinski definition) is 0. The second-order valence-corrected chi connectivity index (χ2v) is 11.9. The van der Waals surface area contributed by atoms with E-state index in [-0.39, 0.29) is 5.92 Å². The number of ether oxygens (including phenoxy) is 1. The zero-order valence-corrected chi connectivity index (χ0v) is 25.6. The fraction of sp³-hybridized carbons (Fsp3) is 0.312. The Morgan fingerprint density at radius 2 is 1.73 bits per heavy atom. The van der Waals surface area contributed by atoms with E-state index in [4.69, 9.17) is 19.8 Å². The van der Waals surface area contributed by atoms with Crippen LogP contribution in [0.5, 0.6) is 5.88 Å². The summed E-state index contributed by atoms with van der Waals surface area (Å²) in [5.41, 5.74) is 8.55. The summed E-state index contributed by atoms with van der Waals surface area (Å²) in [5.74, 6) is 2.08. The molecule has 0 spiro atoms. The molecule has 7 aromatic rings. The summed E-state index contributed by atoms with van der Waals surface area (Å²) >= 11 is 0. The normalized spacial score (nSPS) is 13.6. The Labute approximate surface area is 253 Å². The molecule has 6 aromatic heterocycles. The molecule has 1 saturated carbocycles. The van der Waals surface area contributed by atoms with Crippen molar-refractivity contribution in [2.24, 2.45) is 21.1 Å². The van der Waals surface area contributed by atoms with E-state index in [9.17, 15) is 0 Å². The predicted molar refractivity (Wildman–Crippen MR) is 167 cm³/mol. The predicted octanol–water partition coefficient (Wildman–Crippen LogP) is 5.30. The number of aryl methyl sites for hydroxylation is 2. The van der Waals surface area contributed by atoms with E-state index in [1.807, 2.05) is 54.3 Å². The fourth-order valence-electron chi connectivity index (χ4n) is 6.16. The van der Waals surface area contributed by atoms with Crippen molar-refractivity contribution < 1.29 is 4.74 Å². The maximum atomic E-state index is 5.66. The Morgan fingerprint density at radius 3 is 2.45 bits per heavy atom. The highest BCUT2D eigenvalue weighted by molar-refractivity contribution is 5.95. The Balaban J connectivity index is 1.29. The zero-order valence-electron chi connectivity index (χ0n) is 25.6. The number of aromatic nitrogens is 11. The van der Waals surface area contributed by atoms with Crippen molar-refractivity contribution in [3.63, 3.8) is 0 Å². The lowest BCUT2D eigenvalue weighted by molar-refractivity contribution is 0.392. The van der Waals surface area contributed by atoms with Gasteiger partial charge in [-0.25, -0.2) is 19.3 Å². The minimum Gasteiger partial charge on any atom is -0.478 e. The maximum Gasteiger partial charge on any atom is 0.259 e. The fourth-order valence-corrected chi connectivity index (χ4v) is 6.16. The Hall–Kier alpha value is -5.26. The Bertz CT molecular complexity index is 2200.